The van der Waals surface area contributed by atoms with Crippen molar-refractivity contribution in [1.82, 2.24) is 4.90 Å². The van der Waals surface area contributed by atoms with Gasteiger partial charge < -0.3 is 5.11 Å². The predicted molar refractivity (Wildman–Crippen MR) is 83.1 cm³/mol. The number of aliphatic hydroxyl groups is 1. The molecule has 1 aromatic rings. The number of aryl methyl sites for hydroxylation is 1. The molecule has 0 radical (unpaired) electrons. The van der Waals surface area contributed by atoms with E-state index in [4.69, 9.17) is 0 Å². The maximum atomic E-state index is 10.0. The zero-order valence-corrected chi connectivity index (χ0v) is 13.1. The van der Waals surface area contributed by atoms with Crippen LogP contribution < -0.4 is 0 Å². The summed E-state index contributed by atoms with van der Waals surface area (Å²) in [4.78, 5) is 2.39. The zero-order chi connectivity index (χ0) is 14.3. The Morgan fingerprint density at radius 2 is 2.00 bits per heavy atom. The Kier molecular flexibility index (Phi) is 3.64. The lowest BCUT2D eigenvalue weighted by molar-refractivity contribution is 0.0317. The van der Waals surface area contributed by atoms with Gasteiger partial charge >= 0.3 is 0 Å². The molecule has 0 saturated heterocycles. The molecule has 1 heterocycles. The Hall–Kier alpha value is -0.860. The fraction of sp³-hybridized carbons (Fsp3) is 0.667. The monoisotopic (exact) mass is 273 g/mol. The van der Waals surface area contributed by atoms with Gasteiger partial charge in [0.1, 0.15) is 0 Å². The first-order valence-electron chi connectivity index (χ1n) is 8.05. The molecule has 0 atom stereocenters. The molecular formula is C18H27NO. The molecule has 110 valence electrons. The summed E-state index contributed by atoms with van der Waals surface area (Å²) >= 11 is 0. The van der Waals surface area contributed by atoms with E-state index in [9.17, 15) is 5.11 Å². The maximum Gasteiger partial charge on any atom is 0.0718 e. The SMILES string of the molecule is CCc1cc2c(cc1C1CC1)CN(CC(C)(C)O)CC2. The van der Waals surface area contributed by atoms with Crippen LogP contribution in [0.5, 0.6) is 0 Å². The predicted octanol–water partition coefficient (Wildman–Crippen LogP) is 3.26. The van der Waals surface area contributed by atoms with E-state index in [1.165, 1.54) is 18.4 Å². The van der Waals surface area contributed by atoms with E-state index in [0.717, 1.165) is 38.4 Å². The minimum atomic E-state index is -0.597. The van der Waals surface area contributed by atoms with Crippen LogP contribution in [0, 0.1) is 0 Å². The summed E-state index contributed by atoms with van der Waals surface area (Å²) in [6, 6.07) is 4.94. The van der Waals surface area contributed by atoms with E-state index in [1.807, 2.05) is 13.8 Å². The molecule has 0 unspecified atom stereocenters. The van der Waals surface area contributed by atoms with E-state index in [-0.39, 0.29) is 0 Å². The lowest BCUT2D eigenvalue weighted by Gasteiger charge is -2.33. The number of β-amino-alcohol motifs (C(OH)–C–C–N with tert-alkyl or cyclic N) is 1. The first-order valence-corrected chi connectivity index (χ1v) is 8.05. The molecule has 0 bridgehead atoms. The molecule has 2 nitrogen and oxygen atoms in total. The molecular weight excluding hydrogens is 246 g/mol. The van der Waals surface area contributed by atoms with Crippen molar-refractivity contribution >= 4 is 0 Å². The summed E-state index contributed by atoms with van der Waals surface area (Å²) in [5.41, 5.74) is 5.62. The Balaban J connectivity index is 1.83. The summed E-state index contributed by atoms with van der Waals surface area (Å²) in [6.45, 7) is 8.92. The van der Waals surface area contributed by atoms with Crippen LogP contribution in [0.4, 0.5) is 0 Å². The van der Waals surface area contributed by atoms with Crippen LogP contribution in [0.15, 0.2) is 12.1 Å². The maximum absolute atomic E-state index is 10.0. The van der Waals surface area contributed by atoms with E-state index >= 15 is 0 Å². The fourth-order valence-corrected chi connectivity index (χ4v) is 3.50. The Morgan fingerprint density at radius 1 is 1.25 bits per heavy atom. The van der Waals surface area contributed by atoms with Gasteiger partial charge in [-0.15, -0.1) is 0 Å². The van der Waals surface area contributed by atoms with Gasteiger partial charge in [0.2, 0.25) is 0 Å². The van der Waals surface area contributed by atoms with Gasteiger partial charge in [0.05, 0.1) is 5.60 Å². The van der Waals surface area contributed by atoms with Crippen molar-refractivity contribution in [3.05, 3.63) is 34.4 Å². The van der Waals surface area contributed by atoms with E-state index < -0.39 is 5.60 Å². The van der Waals surface area contributed by atoms with Gasteiger partial charge in [-0.3, -0.25) is 4.90 Å². The van der Waals surface area contributed by atoms with Crippen LogP contribution in [-0.4, -0.2) is 28.7 Å². The second-order valence-corrected chi connectivity index (χ2v) is 7.22. The number of rotatable bonds is 4. The van der Waals surface area contributed by atoms with Crippen LogP contribution in [-0.2, 0) is 19.4 Å². The number of hydrogen-bond donors (Lipinski definition) is 1. The fourth-order valence-electron chi connectivity index (χ4n) is 3.50. The zero-order valence-electron chi connectivity index (χ0n) is 13.1. The highest BCUT2D eigenvalue weighted by Crippen LogP contribution is 2.43. The summed E-state index contributed by atoms with van der Waals surface area (Å²) in [5, 5.41) is 10.0. The van der Waals surface area contributed by atoms with Gasteiger partial charge in [-0.25, -0.2) is 0 Å². The average molecular weight is 273 g/mol. The standard InChI is InChI=1S/C18H27NO/c1-4-13-9-15-7-8-19(12-18(2,3)20)11-16(15)10-17(13)14-5-6-14/h9-10,14,20H,4-8,11-12H2,1-3H3. The van der Waals surface area contributed by atoms with Gasteiger partial charge in [0.15, 0.2) is 0 Å². The van der Waals surface area contributed by atoms with Crippen LogP contribution in [0.3, 0.4) is 0 Å². The van der Waals surface area contributed by atoms with E-state index in [2.05, 4.69) is 24.0 Å². The van der Waals surface area contributed by atoms with Crippen molar-refractivity contribution in [3.8, 4) is 0 Å². The van der Waals surface area contributed by atoms with Crippen molar-refractivity contribution in [2.45, 2.75) is 64.5 Å². The topological polar surface area (TPSA) is 23.5 Å². The largest absolute Gasteiger partial charge is 0.389 e. The van der Waals surface area contributed by atoms with Crippen molar-refractivity contribution in [2.24, 2.45) is 0 Å². The van der Waals surface area contributed by atoms with E-state index in [0.29, 0.717) is 0 Å². The summed E-state index contributed by atoms with van der Waals surface area (Å²) in [7, 11) is 0. The minimum absolute atomic E-state index is 0.597. The quantitative estimate of drug-likeness (QED) is 0.910. The third-order valence-corrected chi connectivity index (χ3v) is 4.56. The van der Waals surface area contributed by atoms with Gasteiger partial charge in [-0.05, 0) is 67.7 Å². The lowest BCUT2D eigenvalue weighted by Crippen LogP contribution is -2.41. The molecule has 3 rings (SSSR count). The molecule has 2 heteroatoms. The molecule has 2 aliphatic rings. The first kappa shape index (κ1) is 14.1. The van der Waals surface area contributed by atoms with Crippen LogP contribution in [0.2, 0.25) is 0 Å². The van der Waals surface area contributed by atoms with Gasteiger partial charge in [0.25, 0.3) is 0 Å². The van der Waals surface area contributed by atoms with E-state index in [1.54, 1.807) is 16.7 Å². The van der Waals surface area contributed by atoms with Crippen molar-refractivity contribution in [3.63, 3.8) is 0 Å². The molecule has 0 amide bonds. The molecule has 1 fully saturated rings. The Morgan fingerprint density at radius 3 is 2.60 bits per heavy atom. The first-order chi connectivity index (χ1) is 9.46. The summed E-state index contributed by atoms with van der Waals surface area (Å²) in [5.74, 6) is 0.833. The highest BCUT2D eigenvalue weighted by Gasteiger charge is 2.28. The number of fused-ring (bicyclic) bond motifs is 1. The smallest absolute Gasteiger partial charge is 0.0718 e. The third kappa shape index (κ3) is 3.07. The van der Waals surface area contributed by atoms with Crippen LogP contribution in [0.1, 0.15) is 61.8 Å². The molecule has 1 aliphatic heterocycles. The Bertz CT molecular complexity index is 497. The van der Waals surface area contributed by atoms with Crippen LogP contribution in [0.25, 0.3) is 0 Å². The second-order valence-electron chi connectivity index (χ2n) is 7.22. The van der Waals surface area contributed by atoms with Gasteiger partial charge in [-0.1, -0.05) is 19.1 Å². The highest BCUT2D eigenvalue weighted by molar-refractivity contribution is 5.43. The van der Waals surface area contributed by atoms with Gasteiger partial charge in [0, 0.05) is 19.6 Å². The molecule has 1 saturated carbocycles. The highest BCUT2D eigenvalue weighted by atomic mass is 16.3. The molecule has 20 heavy (non-hydrogen) atoms. The molecule has 1 aliphatic carbocycles. The third-order valence-electron chi connectivity index (χ3n) is 4.56. The summed E-state index contributed by atoms with van der Waals surface area (Å²) in [6.07, 6.45) is 5.04. The van der Waals surface area contributed by atoms with Crippen molar-refractivity contribution in [1.29, 1.82) is 0 Å². The Labute approximate surface area is 122 Å². The minimum Gasteiger partial charge on any atom is -0.389 e. The van der Waals surface area contributed by atoms with Crippen LogP contribution >= 0.6 is 0 Å². The number of hydrogen-bond acceptors (Lipinski definition) is 2. The summed E-state index contributed by atoms with van der Waals surface area (Å²) < 4.78 is 0. The average Bonchev–Trinajstić information content (AvgIpc) is 3.19. The lowest BCUT2D eigenvalue weighted by atomic mass is 9.90. The molecule has 0 spiro atoms. The van der Waals surface area contributed by atoms with Crippen molar-refractivity contribution in [2.75, 3.05) is 13.1 Å². The number of nitrogens with zero attached hydrogens (tertiary/aromatic N) is 1. The number of benzene rings is 1. The molecule has 1 N–H and O–H groups in total. The molecule has 1 aromatic carbocycles. The normalized spacial score (nSPS) is 20.0. The molecule has 0 aromatic heterocycles. The van der Waals surface area contributed by atoms with Gasteiger partial charge in [-0.2, -0.15) is 0 Å². The second kappa shape index (κ2) is 5.16. The van der Waals surface area contributed by atoms with Crippen molar-refractivity contribution < 1.29 is 5.11 Å².